The third kappa shape index (κ3) is 2.84. The summed E-state index contributed by atoms with van der Waals surface area (Å²) >= 11 is 0. The van der Waals surface area contributed by atoms with Crippen molar-refractivity contribution in [3.63, 3.8) is 0 Å². The van der Waals surface area contributed by atoms with Gasteiger partial charge in [-0.25, -0.2) is 9.59 Å². The molecule has 21 heavy (non-hydrogen) atoms. The first-order chi connectivity index (χ1) is 10.2. The topological polar surface area (TPSA) is 56.5 Å². The van der Waals surface area contributed by atoms with Gasteiger partial charge in [0, 0.05) is 5.39 Å². The quantitative estimate of drug-likeness (QED) is 0.546. The van der Waals surface area contributed by atoms with Gasteiger partial charge in [-0.1, -0.05) is 48.5 Å². The fraction of sp³-hybridized carbons (Fsp3) is 0.0588. The highest BCUT2D eigenvalue weighted by Crippen LogP contribution is 2.13. The van der Waals surface area contributed by atoms with Gasteiger partial charge in [0.2, 0.25) is 0 Å². The van der Waals surface area contributed by atoms with E-state index in [0.29, 0.717) is 11.0 Å². The molecule has 0 radical (unpaired) electrons. The zero-order valence-electron chi connectivity index (χ0n) is 11.1. The van der Waals surface area contributed by atoms with E-state index in [1.165, 1.54) is 6.07 Å². The molecule has 2 aromatic carbocycles. The van der Waals surface area contributed by atoms with Gasteiger partial charge in [-0.15, -0.1) is 0 Å². The van der Waals surface area contributed by atoms with Gasteiger partial charge >= 0.3 is 11.6 Å². The number of esters is 1. The number of carbonyl (C=O) groups is 1. The molecule has 3 rings (SSSR count). The minimum atomic E-state index is -0.688. The fourth-order valence-electron chi connectivity index (χ4n) is 2.01. The molecule has 4 nitrogen and oxygen atoms in total. The van der Waals surface area contributed by atoms with Crippen LogP contribution in [-0.4, -0.2) is 5.97 Å². The zero-order valence-corrected chi connectivity index (χ0v) is 11.1. The van der Waals surface area contributed by atoms with Gasteiger partial charge in [-0.05, 0) is 17.7 Å². The third-order valence-electron chi connectivity index (χ3n) is 3.07. The molecule has 0 aliphatic rings. The van der Waals surface area contributed by atoms with Crippen LogP contribution in [0.4, 0.5) is 0 Å². The number of carbonyl (C=O) groups excluding carboxylic acids is 1. The maximum absolute atomic E-state index is 12.0. The molecule has 0 fully saturated rings. The molecule has 1 heterocycles. The second-order valence-electron chi connectivity index (χ2n) is 4.55. The molecular formula is C17H12O4. The van der Waals surface area contributed by atoms with Crippen LogP contribution in [0.15, 0.2) is 69.9 Å². The molecule has 0 aliphatic carbocycles. The Kier molecular flexibility index (Phi) is 3.51. The Bertz CT molecular complexity index is 834. The lowest BCUT2D eigenvalue weighted by molar-refractivity contribution is 0.0468. The molecule has 0 spiro atoms. The Morgan fingerprint density at radius 1 is 1.00 bits per heavy atom. The monoisotopic (exact) mass is 280 g/mol. The molecule has 104 valence electrons. The van der Waals surface area contributed by atoms with Crippen LogP contribution in [0.1, 0.15) is 15.9 Å². The summed E-state index contributed by atoms with van der Waals surface area (Å²) in [6.07, 6.45) is 0. The summed E-state index contributed by atoms with van der Waals surface area (Å²) in [4.78, 5) is 23.8. The van der Waals surface area contributed by atoms with Crippen molar-refractivity contribution in [3.05, 3.63) is 82.2 Å². The van der Waals surface area contributed by atoms with Gasteiger partial charge in [-0.3, -0.25) is 0 Å². The van der Waals surface area contributed by atoms with E-state index in [1.54, 1.807) is 24.3 Å². The summed E-state index contributed by atoms with van der Waals surface area (Å²) < 4.78 is 10.3. The molecule has 4 heteroatoms. The van der Waals surface area contributed by atoms with E-state index >= 15 is 0 Å². The van der Waals surface area contributed by atoms with Crippen LogP contribution in [0.25, 0.3) is 11.0 Å². The number of benzene rings is 2. The van der Waals surface area contributed by atoms with E-state index in [9.17, 15) is 9.59 Å². The van der Waals surface area contributed by atoms with Crippen molar-refractivity contribution >= 4 is 16.9 Å². The highest BCUT2D eigenvalue weighted by atomic mass is 16.5. The lowest BCUT2D eigenvalue weighted by Crippen LogP contribution is -2.16. The number of para-hydroxylation sites is 1. The minimum Gasteiger partial charge on any atom is -0.457 e. The second-order valence-corrected chi connectivity index (χ2v) is 4.55. The Labute approximate surface area is 120 Å². The van der Waals surface area contributed by atoms with Crippen LogP contribution in [-0.2, 0) is 11.3 Å². The van der Waals surface area contributed by atoms with Gasteiger partial charge in [0.25, 0.3) is 0 Å². The van der Waals surface area contributed by atoms with Crippen molar-refractivity contribution in [1.29, 1.82) is 0 Å². The average molecular weight is 280 g/mol. The average Bonchev–Trinajstić information content (AvgIpc) is 2.53. The molecule has 0 saturated carbocycles. The summed E-state index contributed by atoms with van der Waals surface area (Å²) in [7, 11) is 0. The van der Waals surface area contributed by atoms with Crippen LogP contribution in [0.2, 0.25) is 0 Å². The summed E-state index contributed by atoms with van der Waals surface area (Å²) in [5.41, 5.74) is 0.523. The van der Waals surface area contributed by atoms with E-state index in [-0.39, 0.29) is 12.2 Å². The molecule has 3 aromatic rings. The first-order valence-corrected chi connectivity index (χ1v) is 6.48. The predicted molar refractivity (Wildman–Crippen MR) is 78.0 cm³/mol. The predicted octanol–water partition coefficient (Wildman–Crippen LogP) is 3.15. The van der Waals surface area contributed by atoms with Crippen molar-refractivity contribution in [1.82, 2.24) is 0 Å². The van der Waals surface area contributed by atoms with Crippen molar-refractivity contribution in [2.24, 2.45) is 0 Å². The van der Waals surface area contributed by atoms with Crippen LogP contribution in [0, 0.1) is 0 Å². The molecule has 0 amide bonds. The number of ether oxygens (including phenoxy) is 1. The van der Waals surface area contributed by atoms with Crippen molar-refractivity contribution in [2.45, 2.75) is 6.61 Å². The van der Waals surface area contributed by atoms with Crippen LogP contribution >= 0.6 is 0 Å². The van der Waals surface area contributed by atoms with E-state index in [1.807, 2.05) is 30.3 Å². The van der Waals surface area contributed by atoms with E-state index in [2.05, 4.69) is 0 Å². The van der Waals surface area contributed by atoms with Crippen LogP contribution < -0.4 is 5.63 Å². The zero-order chi connectivity index (χ0) is 14.7. The van der Waals surface area contributed by atoms with Gasteiger partial charge in [-0.2, -0.15) is 0 Å². The van der Waals surface area contributed by atoms with Gasteiger partial charge in [0.15, 0.2) is 0 Å². The summed E-state index contributed by atoms with van der Waals surface area (Å²) in [5, 5.41) is 0.684. The SMILES string of the molecule is O=C(OCc1ccccc1)c1cc2ccccc2oc1=O. The second kappa shape index (κ2) is 5.63. The molecule has 0 unspecified atom stereocenters. The highest BCUT2D eigenvalue weighted by molar-refractivity contribution is 5.92. The van der Waals surface area contributed by atoms with Gasteiger partial charge in [0.05, 0.1) is 0 Å². The Morgan fingerprint density at radius 2 is 1.71 bits per heavy atom. The first-order valence-electron chi connectivity index (χ1n) is 6.48. The molecule has 0 saturated heterocycles. The smallest absolute Gasteiger partial charge is 0.351 e. The van der Waals surface area contributed by atoms with E-state index in [0.717, 1.165) is 5.56 Å². The highest BCUT2D eigenvalue weighted by Gasteiger charge is 2.15. The minimum absolute atomic E-state index is 0.0929. The maximum Gasteiger partial charge on any atom is 0.351 e. The number of fused-ring (bicyclic) bond motifs is 1. The van der Waals surface area contributed by atoms with Gasteiger partial charge in [0.1, 0.15) is 17.8 Å². The normalized spacial score (nSPS) is 10.5. The Hall–Kier alpha value is -2.88. The Balaban J connectivity index is 1.84. The number of hydrogen-bond acceptors (Lipinski definition) is 4. The van der Waals surface area contributed by atoms with E-state index in [4.69, 9.17) is 9.15 Å². The fourth-order valence-corrected chi connectivity index (χ4v) is 2.01. The molecular weight excluding hydrogens is 268 g/mol. The number of hydrogen-bond donors (Lipinski definition) is 0. The molecule has 1 aromatic heterocycles. The third-order valence-corrected chi connectivity index (χ3v) is 3.07. The molecule has 0 atom stereocenters. The molecule has 0 bridgehead atoms. The summed E-state index contributed by atoms with van der Waals surface area (Å²) in [6, 6.07) is 17.8. The molecule has 0 aliphatic heterocycles. The van der Waals surface area contributed by atoms with Crippen molar-refractivity contribution in [2.75, 3.05) is 0 Å². The van der Waals surface area contributed by atoms with Crippen molar-refractivity contribution in [3.8, 4) is 0 Å². The Morgan fingerprint density at radius 3 is 2.52 bits per heavy atom. The first kappa shape index (κ1) is 13.1. The lowest BCUT2D eigenvalue weighted by Gasteiger charge is -2.04. The standard InChI is InChI=1S/C17H12O4/c18-16(20-11-12-6-2-1-3-7-12)14-10-13-8-4-5-9-15(13)21-17(14)19/h1-10H,11H2. The van der Waals surface area contributed by atoms with Crippen LogP contribution in [0.5, 0.6) is 0 Å². The van der Waals surface area contributed by atoms with Gasteiger partial charge < -0.3 is 9.15 Å². The lowest BCUT2D eigenvalue weighted by atomic mass is 10.2. The van der Waals surface area contributed by atoms with E-state index < -0.39 is 11.6 Å². The van der Waals surface area contributed by atoms with Crippen LogP contribution in [0.3, 0.4) is 0 Å². The number of rotatable bonds is 3. The molecule has 0 N–H and O–H groups in total. The maximum atomic E-state index is 12.0. The summed E-state index contributed by atoms with van der Waals surface area (Å²) in [5.74, 6) is -0.682. The summed E-state index contributed by atoms with van der Waals surface area (Å²) in [6.45, 7) is 0.117. The largest absolute Gasteiger partial charge is 0.457 e. The van der Waals surface area contributed by atoms with Crippen molar-refractivity contribution < 1.29 is 13.9 Å².